The molecule has 16 heavy (non-hydrogen) atoms. The molecule has 0 fully saturated rings. The first-order valence-electron chi connectivity index (χ1n) is 4.54. The lowest BCUT2D eigenvalue weighted by Crippen LogP contribution is -1.92. The lowest BCUT2D eigenvalue weighted by Gasteiger charge is -2.04. The first-order valence-corrected chi connectivity index (χ1v) is 4.91. The van der Waals surface area contributed by atoms with Crippen molar-refractivity contribution in [3.8, 4) is 17.0 Å². The predicted molar refractivity (Wildman–Crippen MR) is 59.0 cm³/mol. The fraction of sp³-hybridized carbons (Fsp3) is 0.0909. The van der Waals surface area contributed by atoms with E-state index in [0.717, 1.165) is 0 Å². The Bertz CT molecular complexity index is 502. The summed E-state index contributed by atoms with van der Waals surface area (Å²) in [5.74, 6) is 0.0548. The highest BCUT2D eigenvalue weighted by Gasteiger charge is 2.08. The predicted octanol–water partition coefficient (Wildman–Crippen LogP) is 2.94. The summed E-state index contributed by atoms with van der Waals surface area (Å²) in [5.41, 5.74) is 0.800. The average molecular weight is 239 g/mol. The first-order chi connectivity index (χ1) is 7.70. The van der Waals surface area contributed by atoms with Gasteiger partial charge in [0.25, 0.3) is 0 Å². The third-order valence-corrected chi connectivity index (χ3v) is 2.29. The van der Waals surface area contributed by atoms with Crippen molar-refractivity contribution in [1.29, 1.82) is 0 Å². The van der Waals surface area contributed by atoms with Crippen molar-refractivity contribution >= 4 is 11.6 Å². The van der Waals surface area contributed by atoms with E-state index >= 15 is 0 Å². The maximum absolute atomic E-state index is 13.6. The standard InChI is InChI=1S/C11H8ClFN2O/c1-16-7-2-3-8(9(13)6-7)10-4-5-11(12)15-14-10/h2-6H,1H3. The number of halogens is 2. The summed E-state index contributed by atoms with van der Waals surface area (Å²) in [5, 5.41) is 7.73. The summed E-state index contributed by atoms with van der Waals surface area (Å²) < 4.78 is 18.6. The molecule has 1 aromatic carbocycles. The van der Waals surface area contributed by atoms with Gasteiger partial charge in [0.1, 0.15) is 11.6 Å². The van der Waals surface area contributed by atoms with Gasteiger partial charge in [0.05, 0.1) is 12.8 Å². The molecule has 0 radical (unpaired) electrons. The lowest BCUT2D eigenvalue weighted by atomic mass is 10.1. The van der Waals surface area contributed by atoms with Gasteiger partial charge in [-0.15, -0.1) is 10.2 Å². The van der Waals surface area contributed by atoms with Gasteiger partial charge >= 0.3 is 0 Å². The molecule has 0 unspecified atom stereocenters. The van der Waals surface area contributed by atoms with E-state index in [2.05, 4.69) is 10.2 Å². The van der Waals surface area contributed by atoms with Crippen molar-refractivity contribution in [2.75, 3.05) is 7.11 Å². The molecule has 0 aliphatic rings. The van der Waals surface area contributed by atoms with Crippen LogP contribution in [-0.4, -0.2) is 17.3 Å². The van der Waals surface area contributed by atoms with Crippen LogP contribution in [0.4, 0.5) is 4.39 Å². The van der Waals surface area contributed by atoms with Crippen molar-refractivity contribution in [2.45, 2.75) is 0 Å². The molecule has 2 aromatic rings. The summed E-state index contributed by atoms with van der Waals surface area (Å²) in [6, 6.07) is 7.72. The van der Waals surface area contributed by atoms with Gasteiger partial charge in [-0.3, -0.25) is 0 Å². The number of ether oxygens (including phenoxy) is 1. The number of aromatic nitrogens is 2. The topological polar surface area (TPSA) is 35.0 Å². The highest BCUT2D eigenvalue weighted by molar-refractivity contribution is 6.29. The number of hydrogen-bond acceptors (Lipinski definition) is 3. The summed E-state index contributed by atoms with van der Waals surface area (Å²) in [6.07, 6.45) is 0. The first kappa shape index (κ1) is 10.8. The Morgan fingerprint density at radius 3 is 2.56 bits per heavy atom. The van der Waals surface area contributed by atoms with Gasteiger partial charge < -0.3 is 4.74 Å². The molecule has 2 rings (SSSR count). The van der Waals surface area contributed by atoms with Gasteiger partial charge in [-0.25, -0.2) is 4.39 Å². The minimum absolute atomic E-state index is 0.276. The molecule has 1 heterocycles. The average Bonchev–Trinajstić information content (AvgIpc) is 2.30. The zero-order chi connectivity index (χ0) is 11.5. The van der Waals surface area contributed by atoms with Crippen LogP contribution in [0, 0.1) is 5.82 Å². The summed E-state index contributed by atoms with van der Waals surface area (Å²) >= 11 is 5.60. The molecular weight excluding hydrogens is 231 g/mol. The summed E-state index contributed by atoms with van der Waals surface area (Å²) in [6.45, 7) is 0. The van der Waals surface area contributed by atoms with Crippen LogP contribution in [0.25, 0.3) is 11.3 Å². The molecule has 0 bridgehead atoms. The Morgan fingerprint density at radius 1 is 1.19 bits per heavy atom. The maximum Gasteiger partial charge on any atom is 0.151 e. The Hall–Kier alpha value is -1.68. The molecule has 0 saturated carbocycles. The van der Waals surface area contributed by atoms with E-state index in [4.69, 9.17) is 16.3 Å². The van der Waals surface area contributed by atoms with Crippen LogP contribution in [0.5, 0.6) is 5.75 Å². The fourth-order valence-electron chi connectivity index (χ4n) is 1.29. The Kier molecular flexibility index (Phi) is 3.01. The van der Waals surface area contributed by atoms with Crippen molar-refractivity contribution in [2.24, 2.45) is 0 Å². The van der Waals surface area contributed by atoms with Crippen molar-refractivity contribution in [3.05, 3.63) is 41.3 Å². The molecule has 0 N–H and O–H groups in total. The summed E-state index contributed by atoms with van der Waals surface area (Å²) in [7, 11) is 1.48. The van der Waals surface area contributed by atoms with Crippen LogP contribution in [0.3, 0.4) is 0 Å². The second-order valence-electron chi connectivity index (χ2n) is 3.09. The minimum Gasteiger partial charge on any atom is -0.497 e. The third-order valence-electron chi connectivity index (χ3n) is 2.08. The molecule has 0 atom stereocenters. The molecule has 0 amide bonds. The van der Waals surface area contributed by atoms with E-state index in [9.17, 15) is 4.39 Å². The smallest absolute Gasteiger partial charge is 0.151 e. The van der Waals surface area contributed by atoms with E-state index in [1.54, 1.807) is 24.3 Å². The Balaban J connectivity index is 2.44. The molecule has 0 aliphatic carbocycles. The second kappa shape index (κ2) is 4.45. The van der Waals surface area contributed by atoms with E-state index in [1.807, 2.05) is 0 Å². The summed E-state index contributed by atoms with van der Waals surface area (Å²) in [4.78, 5) is 0. The Labute approximate surface area is 96.8 Å². The van der Waals surface area contributed by atoms with Gasteiger partial charge in [-0.2, -0.15) is 0 Å². The van der Waals surface area contributed by atoms with Crippen LogP contribution in [-0.2, 0) is 0 Å². The van der Waals surface area contributed by atoms with Crippen molar-refractivity contribution in [1.82, 2.24) is 10.2 Å². The number of methoxy groups -OCH3 is 1. The number of rotatable bonds is 2. The molecule has 0 saturated heterocycles. The van der Waals surface area contributed by atoms with E-state index in [1.165, 1.54) is 13.2 Å². The number of hydrogen-bond donors (Lipinski definition) is 0. The van der Waals surface area contributed by atoms with Gasteiger partial charge in [0.15, 0.2) is 5.15 Å². The minimum atomic E-state index is -0.407. The lowest BCUT2D eigenvalue weighted by molar-refractivity contribution is 0.411. The van der Waals surface area contributed by atoms with Gasteiger partial charge in [-0.1, -0.05) is 11.6 Å². The molecule has 1 aromatic heterocycles. The van der Waals surface area contributed by atoms with Crippen molar-refractivity contribution < 1.29 is 9.13 Å². The molecule has 0 aliphatic heterocycles. The van der Waals surface area contributed by atoms with E-state index in [-0.39, 0.29) is 5.15 Å². The highest BCUT2D eigenvalue weighted by Crippen LogP contribution is 2.24. The van der Waals surface area contributed by atoms with E-state index in [0.29, 0.717) is 17.0 Å². The van der Waals surface area contributed by atoms with Crippen LogP contribution >= 0.6 is 11.6 Å². The number of benzene rings is 1. The van der Waals surface area contributed by atoms with Gasteiger partial charge in [0, 0.05) is 11.6 Å². The Morgan fingerprint density at radius 2 is 2.00 bits per heavy atom. The zero-order valence-corrected chi connectivity index (χ0v) is 9.20. The van der Waals surface area contributed by atoms with Crippen LogP contribution in [0.1, 0.15) is 0 Å². The highest BCUT2D eigenvalue weighted by atomic mass is 35.5. The zero-order valence-electron chi connectivity index (χ0n) is 8.45. The quantitative estimate of drug-likeness (QED) is 0.807. The third kappa shape index (κ3) is 2.12. The largest absolute Gasteiger partial charge is 0.497 e. The SMILES string of the molecule is COc1ccc(-c2ccc(Cl)nn2)c(F)c1. The molecule has 3 nitrogen and oxygen atoms in total. The fourth-order valence-corrected chi connectivity index (χ4v) is 1.39. The normalized spacial score (nSPS) is 10.2. The maximum atomic E-state index is 13.6. The molecule has 5 heteroatoms. The van der Waals surface area contributed by atoms with Crippen molar-refractivity contribution in [3.63, 3.8) is 0 Å². The second-order valence-corrected chi connectivity index (χ2v) is 3.47. The van der Waals surface area contributed by atoms with Crippen LogP contribution < -0.4 is 4.74 Å². The molecule has 0 spiro atoms. The van der Waals surface area contributed by atoms with Gasteiger partial charge in [-0.05, 0) is 24.3 Å². The molecule has 82 valence electrons. The van der Waals surface area contributed by atoms with E-state index < -0.39 is 5.82 Å². The van der Waals surface area contributed by atoms with Crippen LogP contribution in [0.2, 0.25) is 5.15 Å². The number of nitrogens with zero attached hydrogens (tertiary/aromatic N) is 2. The van der Waals surface area contributed by atoms with Crippen LogP contribution in [0.15, 0.2) is 30.3 Å². The monoisotopic (exact) mass is 238 g/mol. The van der Waals surface area contributed by atoms with Gasteiger partial charge in [0.2, 0.25) is 0 Å². The molecular formula is C11H8ClFN2O.